The molecule has 0 bridgehead atoms. The SMILES string of the molecule is COc1cc(C(=O)N(CCC#N)CCC#N)cc(Cl)c1OCC(C)C. The van der Waals surface area contributed by atoms with Gasteiger partial charge in [-0.2, -0.15) is 10.5 Å². The van der Waals surface area contributed by atoms with Crippen LogP contribution in [-0.4, -0.2) is 37.6 Å². The number of carbonyl (C=O) groups excluding carboxylic acids is 1. The summed E-state index contributed by atoms with van der Waals surface area (Å²) in [6.07, 6.45) is 0.384. The van der Waals surface area contributed by atoms with Gasteiger partial charge in [-0.15, -0.1) is 0 Å². The van der Waals surface area contributed by atoms with E-state index in [-0.39, 0.29) is 36.9 Å². The summed E-state index contributed by atoms with van der Waals surface area (Å²) in [5.74, 6) is 0.780. The normalized spacial score (nSPS) is 10.0. The molecule has 6 nitrogen and oxygen atoms in total. The first-order chi connectivity index (χ1) is 11.9. The van der Waals surface area contributed by atoms with E-state index < -0.39 is 0 Å². The van der Waals surface area contributed by atoms with Crippen molar-refractivity contribution in [3.63, 3.8) is 0 Å². The van der Waals surface area contributed by atoms with Crippen molar-refractivity contribution in [1.82, 2.24) is 4.90 Å². The van der Waals surface area contributed by atoms with Crippen molar-refractivity contribution in [3.8, 4) is 23.6 Å². The minimum Gasteiger partial charge on any atom is -0.493 e. The van der Waals surface area contributed by atoms with Crippen molar-refractivity contribution in [2.75, 3.05) is 26.8 Å². The molecule has 0 aromatic heterocycles. The molecule has 0 aliphatic carbocycles. The summed E-state index contributed by atoms with van der Waals surface area (Å²) in [5.41, 5.74) is 0.328. The van der Waals surface area contributed by atoms with E-state index in [1.54, 1.807) is 6.07 Å². The summed E-state index contributed by atoms with van der Waals surface area (Å²) in [5, 5.41) is 17.8. The Bertz CT molecular complexity index is 659. The first kappa shape index (κ1) is 20.6. The fourth-order valence-electron chi connectivity index (χ4n) is 2.10. The molecule has 0 atom stereocenters. The van der Waals surface area contributed by atoms with Crippen molar-refractivity contribution in [2.45, 2.75) is 26.7 Å². The third kappa shape index (κ3) is 6.17. The van der Waals surface area contributed by atoms with Gasteiger partial charge in [-0.25, -0.2) is 0 Å². The molecule has 0 aliphatic heterocycles. The Balaban J connectivity index is 3.10. The molecule has 25 heavy (non-hydrogen) atoms. The smallest absolute Gasteiger partial charge is 0.254 e. The molecule has 1 amide bonds. The van der Waals surface area contributed by atoms with Gasteiger partial charge in [-0.3, -0.25) is 4.79 Å². The maximum absolute atomic E-state index is 12.7. The molecule has 0 saturated heterocycles. The minimum atomic E-state index is -0.305. The lowest BCUT2D eigenvalue weighted by molar-refractivity contribution is 0.0762. The third-order valence-electron chi connectivity index (χ3n) is 3.31. The molecule has 134 valence electrons. The van der Waals surface area contributed by atoms with Gasteiger partial charge in [0.2, 0.25) is 0 Å². The lowest BCUT2D eigenvalue weighted by atomic mass is 10.1. The number of halogens is 1. The van der Waals surface area contributed by atoms with Crippen LogP contribution in [-0.2, 0) is 0 Å². The van der Waals surface area contributed by atoms with Gasteiger partial charge in [-0.1, -0.05) is 25.4 Å². The highest BCUT2D eigenvalue weighted by molar-refractivity contribution is 6.32. The Morgan fingerprint density at radius 1 is 1.24 bits per heavy atom. The van der Waals surface area contributed by atoms with Crippen LogP contribution >= 0.6 is 11.6 Å². The number of hydrogen-bond donors (Lipinski definition) is 0. The largest absolute Gasteiger partial charge is 0.493 e. The molecule has 1 aromatic rings. The van der Waals surface area contributed by atoms with E-state index in [1.165, 1.54) is 18.1 Å². The fraction of sp³-hybridized carbons (Fsp3) is 0.500. The van der Waals surface area contributed by atoms with Crippen LogP contribution in [0.5, 0.6) is 11.5 Å². The summed E-state index contributed by atoms with van der Waals surface area (Å²) in [6, 6.07) is 7.09. The Kier molecular flexibility index (Phi) is 8.60. The summed E-state index contributed by atoms with van der Waals surface area (Å²) in [7, 11) is 1.48. The second-order valence-electron chi connectivity index (χ2n) is 5.80. The molecule has 0 saturated carbocycles. The first-order valence-corrected chi connectivity index (χ1v) is 8.35. The zero-order chi connectivity index (χ0) is 18.8. The number of rotatable bonds is 9. The van der Waals surface area contributed by atoms with Gasteiger partial charge in [0.1, 0.15) is 0 Å². The third-order valence-corrected chi connectivity index (χ3v) is 3.59. The standard InChI is InChI=1S/C18H22ClN3O3/c1-13(2)12-25-17-15(19)10-14(11-16(17)24-3)18(23)22(8-4-6-20)9-5-7-21/h10-11,13H,4-5,8-9,12H2,1-3H3. The average molecular weight is 364 g/mol. The minimum absolute atomic E-state index is 0.192. The van der Waals surface area contributed by atoms with E-state index in [9.17, 15) is 4.79 Å². The average Bonchev–Trinajstić information content (AvgIpc) is 2.59. The number of nitriles is 2. The monoisotopic (exact) mass is 363 g/mol. The van der Waals surface area contributed by atoms with Crippen LogP contribution in [0.4, 0.5) is 0 Å². The van der Waals surface area contributed by atoms with Crippen molar-refractivity contribution in [1.29, 1.82) is 10.5 Å². The topological polar surface area (TPSA) is 86.4 Å². The van der Waals surface area contributed by atoms with Gasteiger partial charge >= 0.3 is 0 Å². The molecule has 0 fully saturated rings. The van der Waals surface area contributed by atoms with Crippen LogP contribution in [0, 0.1) is 28.6 Å². The molecule has 0 radical (unpaired) electrons. The van der Waals surface area contributed by atoms with E-state index in [1.807, 2.05) is 26.0 Å². The van der Waals surface area contributed by atoms with Crippen molar-refractivity contribution < 1.29 is 14.3 Å². The number of carbonyl (C=O) groups is 1. The van der Waals surface area contributed by atoms with Crippen molar-refractivity contribution in [3.05, 3.63) is 22.7 Å². The molecule has 0 N–H and O–H groups in total. The summed E-state index contributed by atoms with van der Waals surface area (Å²) in [6.45, 7) is 5.01. The summed E-state index contributed by atoms with van der Waals surface area (Å²) in [4.78, 5) is 14.2. The predicted octanol–water partition coefficient (Wildman–Crippen LogP) is 3.65. The lowest BCUT2D eigenvalue weighted by Gasteiger charge is -2.21. The molecule has 0 aliphatic rings. The quantitative estimate of drug-likeness (QED) is 0.668. The van der Waals surface area contributed by atoms with Gasteiger partial charge in [0.05, 0.1) is 43.7 Å². The van der Waals surface area contributed by atoms with Crippen LogP contribution in [0.15, 0.2) is 12.1 Å². The zero-order valence-electron chi connectivity index (χ0n) is 14.7. The molecule has 1 rings (SSSR count). The Hall–Kier alpha value is -2.44. The van der Waals surface area contributed by atoms with E-state index >= 15 is 0 Å². The van der Waals surface area contributed by atoms with E-state index in [0.29, 0.717) is 29.6 Å². The maximum Gasteiger partial charge on any atom is 0.254 e. The lowest BCUT2D eigenvalue weighted by Crippen LogP contribution is -2.32. The second kappa shape index (κ2) is 10.4. The van der Waals surface area contributed by atoms with E-state index in [2.05, 4.69) is 0 Å². The Labute approximate surface area is 153 Å². The molecule has 0 unspecified atom stereocenters. The molecule has 0 heterocycles. The second-order valence-corrected chi connectivity index (χ2v) is 6.21. The van der Waals surface area contributed by atoms with Crippen LogP contribution in [0.1, 0.15) is 37.0 Å². The van der Waals surface area contributed by atoms with Crippen molar-refractivity contribution in [2.24, 2.45) is 5.92 Å². The maximum atomic E-state index is 12.7. The van der Waals surface area contributed by atoms with E-state index in [0.717, 1.165) is 0 Å². The number of nitrogens with zero attached hydrogens (tertiary/aromatic N) is 3. The van der Waals surface area contributed by atoms with Crippen molar-refractivity contribution >= 4 is 17.5 Å². The Morgan fingerprint density at radius 2 is 1.84 bits per heavy atom. The van der Waals surface area contributed by atoms with Crippen LogP contribution in [0.25, 0.3) is 0 Å². The van der Waals surface area contributed by atoms with Gasteiger partial charge in [0.15, 0.2) is 11.5 Å². The molecule has 1 aromatic carbocycles. The predicted molar refractivity (Wildman–Crippen MR) is 94.7 cm³/mol. The van der Waals surface area contributed by atoms with E-state index in [4.69, 9.17) is 31.6 Å². The van der Waals surface area contributed by atoms with Crippen LogP contribution in [0.2, 0.25) is 5.02 Å². The molecule has 7 heteroatoms. The zero-order valence-corrected chi connectivity index (χ0v) is 15.5. The number of amides is 1. The summed E-state index contributed by atoms with van der Waals surface area (Å²) >= 11 is 6.27. The van der Waals surface area contributed by atoms with Gasteiger partial charge in [-0.05, 0) is 18.1 Å². The highest BCUT2D eigenvalue weighted by Gasteiger charge is 2.20. The fourth-order valence-corrected chi connectivity index (χ4v) is 2.37. The van der Waals surface area contributed by atoms with Crippen LogP contribution < -0.4 is 9.47 Å². The summed E-state index contributed by atoms with van der Waals surface area (Å²) < 4.78 is 11.0. The van der Waals surface area contributed by atoms with Gasteiger partial charge < -0.3 is 14.4 Å². The molecular formula is C18H22ClN3O3. The first-order valence-electron chi connectivity index (χ1n) is 7.98. The van der Waals surface area contributed by atoms with Gasteiger partial charge in [0.25, 0.3) is 5.91 Å². The number of methoxy groups -OCH3 is 1. The van der Waals surface area contributed by atoms with Gasteiger partial charge in [0, 0.05) is 18.7 Å². The molecular weight excluding hydrogens is 342 g/mol. The molecule has 0 spiro atoms. The highest BCUT2D eigenvalue weighted by atomic mass is 35.5. The number of benzene rings is 1. The highest BCUT2D eigenvalue weighted by Crippen LogP contribution is 2.37. The number of ether oxygens (including phenoxy) is 2. The Morgan fingerprint density at radius 3 is 2.32 bits per heavy atom. The van der Waals surface area contributed by atoms with Crippen LogP contribution in [0.3, 0.4) is 0 Å². The number of hydrogen-bond acceptors (Lipinski definition) is 5.